The minimum Gasteiger partial charge on any atom is -0.497 e. The summed E-state index contributed by atoms with van der Waals surface area (Å²) in [6, 6.07) is 17.2. The van der Waals surface area contributed by atoms with Crippen LogP contribution < -0.4 is 4.74 Å². The van der Waals surface area contributed by atoms with Gasteiger partial charge in [0, 0.05) is 17.7 Å². The van der Waals surface area contributed by atoms with Crippen molar-refractivity contribution in [2.75, 3.05) is 7.11 Å². The first-order valence-electron chi connectivity index (χ1n) is 9.33. The predicted molar refractivity (Wildman–Crippen MR) is 113 cm³/mol. The second kappa shape index (κ2) is 9.06. The Balaban J connectivity index is 1.88. The number of ketones is 1. The third-order valence-electron chi connectivity index (χ3n) is 4.32. The molecule has 0 spiro atoms. The van der Waals surface area contributed by atoms with E-state index >= 15 is 0 Å². The average molecular weight is 396 g/mol. The van der Waals surface area contributed by atoms with E-state index in [2.05, 4.69) is 28.6 Å². The number of carbonyl (C=O) groups excluding carboxylic acids is 1. The number of rotatable bonds is 8. The fourth-order valence-electron chi connectivity index (χ4n) is 2.91. The molecular formula is C22H25N3O2S. The fraction of sp³-hybridized carbons (Fsp3) is 0.318. The molecule has 0 aliphatic heterocycles. The highest BCUT2D eigenvalue weighted by molar-refractivity contribution is 8.00. The standard InChI is InChI=1S/C22H25N3O2S/c1-15(2)14-25-21(18-10-12-19(27-4)13-11-18)23-24-22(25)28-16(3)20(26)17-8-6-5-7-9-17/h5-13,15-16H,14H2,1-4H3. The number of Topliss-reactive ketones (excluding diaryl/α,β-unsaturated/α-hetero) is 1. The zero-order chi connectivity index (χ0) is 20.1. The molecule has 1 atom stereocenters. The van der Waals surface area contributed by atoms with Gasteiger partial charge in [0.1, 0.15) is 5.75 Å². The molecular weight excluding hydrogens is 370 g/mol. The number of aromatic nitrogens is 3. The molecule has 0 amide bonds. The summed E-state index contributed by atoms with van der Waals surface area (Å²) in [5.41, 5.74) is 1.69. The first-order valence-corrected chi connectivity index (χ1v) is 10.2. The highest BCUT2D eigenvalue weighted by Crippen LogP contribution is 2.29. The van der Waals surface area contributed by atoms with Crippen molar-refractivity contribution in [2.45, 2.75) is 37.7 Å². The Labute approximate surface area is 170 Å². The van der Waals surface area contributed by atoms with Gasteiger partial charge in [-0.3, -0.25) is 4.79 Å². The normalized spacial score (nSPS) is 12.2. The summed E-state index contributed by atoms with van der Waals surface area (Å²) in [6.07, 6.45) is 0. The van der Waals surface area contributed by atoms with Gasteiger partial charge in [0.2, 0.25) is 0 Å². The van der Waals surface area contributed by atoms with E-state index in [-0.39, 0.29) is 11.0 Å². The first-order chi connectivity index (χ1) is 13.5. The molecule has 0 saturated heterocycles. The molecule has 0 fully saturated rings. The van der Waals surface area contributed by atoms with Crippen LogP contribution >= 0.6 is 11.8 Å². The molecule has 2 aromatic carbocycles. The van der Waals surface area contributed by atoms with Crippen molar-refractivity contribution in [2.24, 2.45) is 5.92 Å². The summed E-state index contributed by atoms with van der Waals surface area (Å²) in [6.45, 7) is 7.01. The van der Waals surface area contributed by atoms with Crippen molar-refractivity contribution in [3.63, 3.8) is 0 Å². The van der Waals surface area contributed by atoms with Gasteiger partial charge in [-0.05, 0) is 37.1 Å². The maximum absolute atomic E-state index is 12.7. The van der Waals surface area contributed by atoms with E-state index in [4.69, 9.17) is 4.74 Å². The molecule has 0 N–H and O–H groups in total. The van der Waals surface area contributed by atoms with Crippen LogP contribution in [-0.2, 0) is 6.54 Å². The van der Waals surface area contributed by atoms with Gasteiger partial charge in [-0.2, -0.15) is 0 Å². The van der Waals surface area contributed by atoms with E-state index < -0.39 is 0 Å². The second-order valence-electron chi connectivity index (χ2n) is 7.03. The number of carbonyl (C=O) groups is 1. The smallest absolute Gasteiger partial charge is 0.192 e. The lowest BCUT2D eigenvalue weighted by Gasteiger charge is -2.15. The van der Waals surface area contributed by atoms with Crippen LogP contribution in [0, 0.1) is 5.92 Å². The number of ether oxygens (including phenoxy) is 1. The molecule has 146 valence electrons. The zero-order valence-electron chi connectivity index (χ0n) is 16.6. The van der Waals surface area contributed by atoms with Crippen LogP contribution in [-0.4, -0.2) is 32.9 Å². The Morgan fingerprint density at radius 2 is 1.71 bits per heavy atom. The van der Waals surface area contributed by atoms with E-state index in [1.165, 1.54) is 11.8 Å². The van der Waals surface area contributed by atoms with Crippen molar-refractivity contribution in [1.29, 1.82) is 0 Å². The average Bonchev–Trinajstić information content (AvgIpc) is 3.09. The molecule has 0 bridgehead atoms. The van der Waals surface area contributed by atoms with Crippen molar-refractivity contribution in [3.8, 4) is 17.1 Å². The Hall–Kier alpha value is -2.60. The Kier molecular flexibility index (Phi) is 6.52. The topological polar surface area (TPSA) is 57.0 Å². The van der Waals surface area contributed by atoms with Crippen molar-refractivity contribution < 1.29 is 9.53 Å². The van der Waals surface area contributed by atoms with E-state index in [0.29, 0.717) is 11.5 Å². The Bertz CT molecular complexity index is 921. The van der Waals surface area contributed by atoms with Gasteiger partial charge < -0.3 is 9.30 Å². The SMILES string of the molecule is COc1ccc(-c2nnc(SC(C)C(=O)c3ccccc3)n2CC(C)C)cc1. The van der Waals surface area contributed by atoms with Crippen LogP contribution in [0.3, 0.4) is 0 Å². The molecule has 1 heterocycles. The van der Waals surface area contributed by atoms with E-state index in [1.54, 1.807) is 7.11 Å². The van der Waals surface area contributed by atoms with Gasteiger partial charge in [-0.1, -0.05) is 55.9 Å². The van der Waals surface area contributed by atoms with Crippen LogP contribution in [0.2, 0.25) is 0 Å². The monoisotopic (exact) mass is 395 g/mol. The molecule has 3 aromatic rings. The summed E-state index contributed by atoms with van der Waals surface area (Å²) in [4.78, 5) is 12.7. The second-order valence-corrected chi connectivity index (χ2v) is 8.34. The molecule has 5 nitrogen and oxygen atoms in total. The summed E-state index contributed by atoms with van der Waals surface area (Å²) in [7, 11) is 1.65. The number of hydrogen-bond donors (Lipinski definition) is 0. The number of benzene rings is 2. The highest BCUT2D eigenvalue weighted by atomic mass is 32.2. The summed E-state index contributed by atoms with van der Waals surface area (Å²) >= 11 is 1.45. The van der Waals surface area contributed by atoms with Crippen LogP contribution in [0.15, 0.2) is 59.8 Å². The molecule has 6 heteroatoms. The van der Waals surface area contributed by atoms with Crippen LogP contribution in [0.4, 0.5) is 0 Å². The van der Waals surface area contributed by atoms with Gasteiger partial charge in [-0.25, -0.2) is 0 Å². The Morgan fingerprint density at radius 3 is 2.32 bits per heavy atom. The number of methoxy groups -OCH3 is 1. The van der Waals surface area contributed by atoms with Crippen LogP contribution in [0.25, 0.3) is 11.4 Å². The van der Waals surface area contributed by atoms with Crippen molar-refractivity contribution >= 4 is 17.5 Å². The molecule has 1 aromatic heterocycles. The number of thioether (sulfide) groups is 1. The summed E-state index contributed by atoms with van der Waals surface area (Å²) < 4.78 is 7.34. The van der Waals surface area contributed by atoms with Gasteiger partial charge in [0.25, 0.3) is 0 Å². The van der Waals surface area contributed by atoms with Crippen LogP contribution in [0.5, 0.6) is 5.75 Å². The van der Waals surface area contributed by atoms with Crippen molar-refractivity contribution in [1.82, 2.24) is 14.8 Å². The summed E-state index contributed by atoms with van der Waals surface area (Å²) in [5, 5.41) is 9.33. The lowest BCUT2D eigenvalue weighted by molar-refractivity contribution is 0.0994. The first kappa shape index (κ1) is 20.1. The minimum absolute atomic E-state index is 0.0932. The third-order valence-corrected chi connectivity index (χ3v) is 5.40. The fourth-order valence-corrected chi connectivity index (χ4v) is 3.84. The number of hydrogen-bond acceptors (Lipinski definition) is 5. The molecule has 0 radical (unpaired) electrons. The lowest BCUT2D eigenvalue weighted by Crippen LogP contribution is -2.15. The Morgan fingerprint density at radius 1 is 1.04 bits per heavy atom. The van der Waals surface area contributed by atoms with E-state index in [9.17, 15) is 4.79 Å². The lowest BCUT2D eigenvalue weighted by atomic mass is 10.1. The van der Waals surface area contributed by atoms with E-state index in [1.807, 2.05) is 61.5 Å². The number of nitrogens with zero attached hydrogens (tertiary/aromatic N) is 3. The maximum Gasteiger partial charge on any atom is 0.192 e. The molecule has 1 unspecified atom stereocenters. The quantitative estimate of drug-likeness (QED) is 0.398. The molecule has 3 rings (SSSR count). The van der Waals surface area contributed by atoms with Crippen molar-refractivity contribution in [3.05, 3.63) is 60.2 Å². The van der Waals surface area contributed by atoms with Gasteiger partial charge in [0.15, 0.2) is 16.8 Å². The van der Waals surface area contributed by atoms with Crippen LogP contribution in [0.1, 0.15) is 31.1 Å². The van der Waals surface area contributed by atoms with E-state index in [0.717, 1.165) is 28.8 Å². The molecule has 0 aliphatic carbocycles. The van der Waals surface area contributed by atoms with Gasteiger partial charge >= 0.3 is 0 Å². The molecule has 0 aliphatic rings. The summed E-state index contributed by atoms with van der Waals surface area (Å²) in [5.74, 6) is 2.12. The zero-order valence-corrected chi connectivity index (χ0v) is 17.4. The molecule has 0 saturated carbocycles. The van der Waals surface area contributed by atoms with Gasteiger partial charge in [0.05, 0.1) is 12.4 Å². The predicted octanol–water partition coefficient (Wildman–Crippen LogP) is 4.97. The largest absolute Gasteiger partial charge is 0.497 e. The highest BCUT2D eigenvalue weighted by Gasteiger charge is 2.22. The third kappa shape index (κ3) is 4.62. The minimum atomic E-state index is -0.249. The van der Waals surface area contributed by atoms with Gasteiger partial charge in [-0.15, -0.1) is 10.2 Å². The molecule has 28 heavy (non-hydrogen) atoms. The maximum atomic E-state index is 12.7.